The number of hydrogen-bond donors (Lipinski definition) is 2. The molecular formula is C15H15N5. The summed E-state index contributed by atoms with van der Waals surface area (Å²) in [5.41, 5.74) is 6.86. The first-order valence-electron chi connectivity index (χ1n) is 6.38. The van der Waals surface area contributed by atoms with Crippen molar-refractivity contribution in [3.05, 3.63) is 65.6 Å². The van der Waals surface area contributed by atoms with Gasteiger partial charge in [-0.25, -0.2) is 5.43 Å². The molecule has 5 heteroatoms. The minimum atomic E-state index is -0.115. The van der Waals surface area contributed by atoms with Gasteiger partial charge in [0, 0.05) is 17.3 Å². The number of nitrogens with two attached hydrogens (primary N) is 1. The van der Waals surface area contributed by atoms with E-state index in [0.29, 0.717) is 0 Å². The lowest BCUT2D eigenvalue weighted by Gasteiger charge is -2.16. The van der Waals surface area contributed by atoms with E-state index in [2.05, 4.69) is 32.7 Å². The lowest BCUT2D eigenvalue weighted by atomic mass is 9.99. The highest BCUT2D eigenvalue weighted by Gasteiger charge is 2.13. The second-order valence-electron chi connectivity index (χ2n) is 4.68. The number of aryl methyl sites for hydroxylation is 1. The third kappa shape index (κ3) is 2.36. The second kappa shape index (κ2) is 5.32. The van der Waals surface area contributed by atoms with Gasteiger partial charge >= 0.3 is 0 Å². The minimum Gasteiger partial charge on any atom is -0.271 e. The van der Waals surface area contributed by atoms with E-state index in [-0.39, 0.29) is 6.04 Å². The number of fused-ring (bicyclic) bond motifs is 1. The third-order valence-electron chi connectivity index (χ3n) is 3.29. The normalized spacial score (nSPS) is 12.5. The quantitative estimate of drug-likeness (QED) is 0.558. The van der Waals surface area contributed by atoms with Crippen LogP contribution in [0.15, 0.2) is 48.8 Å². The molecule has 3 N–H and O–H groups in total. The molecular weight excluding hydrogens is 250 g/mol. The Morgan fingerprint density at radius 1 is 1.05 bits per heavy atom. The van der Waals surface area contributed by atoms with Crippen LogP contribution in [0.5, 0.6) is 0 Å². The first-order chi connectivity index (χ1) is 9.78. The molecule has 2 heterocycles. The summed E-state index contributed by atoms with van der Waals surface area (Å²) in [4.78, 5) is 4.50. The Hall–Kier alpha value is -2.37. The molecule has 0 fully saturated rings. The largest absolute Gasteiger partial charge is 0.271 e. The Bertz CT molecular complexity index is 727. The maximum absolute atomic E-state index is 5.69. The fraction of sp³-hybridized carbons (Fsp3) is 0.133. The van der Waals surface area contributed by atoms with E-state index in [4.69, 9.17) is 5.84 Å². The Morgan fingerprint density at radius 3 is 2.70 bits per heavy atom. The topological polar surface area (TPSA) is 76.7 Å². The van der Waals surface area contributed by atoms with E-state index in [1.165, 1.54) is 0 Å². The van der Waals surface area contributed by atoms with Crippen molar-refractivity contribution in [2.24, 2.45) is 5.84 Å². The van der Waals surface area contributed by atoms with E-state index in [1.54, 1.807) is 12.4 Å². The van der Waals surface area contributed by atoms with Crippen molar-refractivity contribution in [2.75, 3.05) is 0 Å². The molecule has 3 aromatic rings. The Labute approximate surface area is 116 Å². The predicted molar refractivity (Wildman–Crippen MR) is 77.7 cm³/mol. The summed E-state index contributed by atoms with van der Waals surface area (Å²) in [7, 11) is 0. The number of hydrogen-bond acceptors (Lipinski definition) is 5. The number of benzene rings is 1. The van der Waals surface area contributed by atoms with Gasteiger partial charge in [0.15, 0.2) is 0 Å². The van der Waals surface area contributed by atoms with Crippen molar-refractivity contribution >= 4 is 10.9 Å². The molecule has 0 saturated carbocycles. The molecule has 3 rings (SSSR count). The van der Waals surface area contributed by atoms with Gasteiger partial charge in [-0.1, -0.05) is 12.1 Å². The highest BCUT2D eigenvalue weighted by molar-refractivity contribution is 5.79. The lowest BCUT2D eigenvalue weighted by Crippen LogP contribution is -2.28. The lowest BCUT2D eigenvalue weighted by molar-refractivity contribution is 0.633. The van der Waals surface area contributed by atoms with Crippen LogP contribution in [0.3, 0.4) is 0 Å². The smallest absolute Gasteiger partial charge is 0.0726 e. The van der Waals surface area contributed by atoms with Crippen molar-refractivity contribution < 1.29 is 0 Å². The predicted octanol–water partition coefficient (Wildman–Crippen LogP) is 1.89. The van der Waals surface area contributed by atoms with Gasteiger partial charge in [0.2, 0.25) is 0 Å². The third-order valence-corrected chi connectivity index (χ3v) is 3.29. The van der Waals surface area contributed by atoms with Crippen LogP contribution in [0.2, 0.25) is 0 Å². The number of nitrogens with one attached hydrogen (secondary N) is 1. The Balaban J connectivity index is 2.06. The fourth-order valence-electron chi connectivity index (χ4n) is 2.28. The van der Waals surface area contributed by atoms with Crippen molar-refractivity contribution in [2.45, 2.75) is 13.0 Å². The van der Waals surface area contributed by atoms with Crippen molar-refractivity contribution in [3.8, 4) is 0 Å². The van der Waals surface area contributed by atoms with Gasteiger partial charge in [0.25, 0.3) is 0 Å². The molecule has 1 aromatic carbocycles. The SMILES string of the molecule is Cc1ccc2cc(C(NN)c3ccnnc3)ccc2n1. The molecule has 0 aliphatic heterocycles. The Kier molecular flexibility index (Phi) is 3.37. The van der Waals surface area contributed by atoms with Crippen molar-refractivity contribution in [1.82, 2.24) is 20.6 Å². The molecule has 0 amide bonds. The van der Waals surface area contributed by atoms with Gasteiger partial charge in [0.05, 0.1) is 17.8 Å². The summed E-state index contributed by atoms with van der Waals surface area (Å²) in [5, 5.41) is 8.77. The summed E-state index contributed by atoms with van der Waals surface area (Å²) in [5.74, 6) is 5.69. The molecule has 0 radical (unpaired) electrons. The molecule has 0 aliphatic carbocycles. The van der Waals surface area contributed by atoms with Crippen molar-refractivity contribution in [3.63, 3.8) is 0 Å². The summed E-state index contributed by atoms with van der Waals surface area (Å²) >= 11 is 0. The molecule has 0 spiro atoms. The van der Waals surface area contributed by atoms with E-state index in [9.17, 15) is 0 Å². The summed E-state index contributed by atoms with van der Waals surface area (Å²) < 4.78 is 0. The maximum Gasteiger partial charge on any atom is 0.0726 e. The van der Waals surface area contributed by atoms with Gasteiger partial charge < -0.3 is 0 Å². The van der Waals surface area contributed by atoms with Gasteiger partial charge in [-0.3, -0.25) is 10.8 Å². The van der Waals surface area contributed by atoms with Crippen LogP contribution in [-0.2, 0) is 0 Å². The van der Waals surface area contributed by atoms with Crippen LogP contribution in [-0.4, -0.2) is 15.2 Å². The average molecular weight is 265 g/mol. The number of rotatable bonds is 3. The Morgan fingerprint density at radius 2 is 1.95 bits per heavy atom. The molecule has 20 heavy (non-hydrogen) atoms. The molecule has 1 unspecified atom stereocenters. The van der Waals surface area contributed by atoms with Crippen LogP contribution in [0.1, 0.15) is 22.9 Å². The van der Waals surface area contributed by atoms with Gasteiger partial charge in [-0.15, -0.1) is 0 Å². The summed E-state index contributed by atoms with van der Waals surface area (Å²) in [6.07, 6.45) is 3.37. The molecule has 5 nitrogen and oxygen atoms in total. The number of pyridine rings is 1. The van der Waals surface area contributed by atoms with E-state index < -0.39 is 0 Å². The maximum atomic E-state index is 5.69. The summed E-state index contributed by atoms with van der Waals surface area (Å²) in [6, 6.07) is 12.0. The molecule has 0 bridgehead atoms. The zero-order valence-electron chi connectivity index (χ0n) is 11.1. The highest BCUT2D eigenvalue weighted by Crippen LogP contribution is 2.23. The van der Waals surface area contributed by atoms with E-state index in [1.807, 2.05) is 31.2 Å². The number of hydrazine groups is 1. The van der Waals surface area contributed by atoms with Gasteiger partial charge in [-0.05, 0) is 42.3 Å². The van der Waals surface area contributed by atoms with Crippen LogP contribution >= 0.6 is 0 Å². The van der Waals surface area contributed by atoms with Crippen LogP contribution in [0.4, 0.5) is 0 Å². The standard InChI is InChI=1S/C15H15N5/c1-10-2-3-11-8-12(4-5-14(11)19-10)15(20-16)13-6-7-17-18-9-13/h2-9,15,20H,16H2,1H3. The first-order valence-corrected chi connectivity index (χ1v) is 6.38. The van der Waals surface area contributed by atoms with Crippen molar-refractivity contribution in [1.29, 1.82) is 0 Å². The zero-order chi connectivity index (χ0) is 13.9. The zero-order valence-corrected chi connectivity index (χ0v) is 11.1. The molecule has 100 valence electrons. The molecule has 2 aromatic heterocycles. The van der Waals surface area contributed by atoms with Crippen LogP contribution in [0, 0.1) is 6.92 Å². The fourth-order valence-corrected chi connectivity index (χ4v) is 2.28. The highest BCUT2D eigenvalue weighted by atomic mass is 15.2. The van der Waals surface area contributed by atoms with E-state index >= 15 is 0 Å². The van der Waals surface area contributed by atoms with Gasteiger partial charge in [-0.2, -0.15) is 10.2 Å². The monoisotopic (exact) mass is 265 g/mol. The van der Waals surface area contributed by atoms with E-state index in [0.717, 1.165) is 27.7 Å². The van der Waals surface area contributed by atoms with Crippen LogP contribution < -0.4 is 11.3 Å². The van der Waals surface area contributed by atoms with Crippen LogP contribution in [0.25, 0.3) is 10.9 Å². The molecule has 1 atom stereocenters. The second-order valence-corrected chi connectivity index (χ2v) is 4.68. The molecule has 0 saturated heterocycles. The summed E-state index contributed by atoms with van der Waals surface area (Å²) in [6.45, 7) is 1.99. The number of aromatic nitrogens is 3. The number of nitrogens with zero attached hydrogens (tertiary/aromatic N) is 3. The van der Waals surface area contributed by atoms with Gasteiger partial charge in [0.1, 0.15) is 0 Å². The first kappa shape index (κ1) is 12.7. The minimum absolute atomic E-state index is 0.115. The molecule has 0 aliphatic rings. The average Bonchev–Trinajstić information content (AvgIpc) is 2.49.